The summed E-state index contributed by atoms with van der Waals surface area (Å²) in [6.45, 7) is 1.98. The molecule has 1 heterocycles. The predicted octanol–water partition coefficient (Wildman–Crippen LogP) is 3.51. The van der Waals surface area contributed by atoms with E-state index in [1.54, 1.807) is 12.1 Å². The lowest BCUT2D eigenvalue weighted by molar-refractivity contribution is 0.0487. The molecular formula is C19H21BrN2O2. The summed E-state index contributed by atoms with van der Waals surface area (Å²) < 4.78 is 6.59. The van der Waals surface area contributed by atoms with Gasteiger partial charge in [0.25, 0.3) is 5.91 Å². The second-order valence-corrected chi connectivity index (χ2v) is 7.09. The first-order chi connectivity index (χ1) is 11.6. The number of nitrogens with one attached hydrogen (secondary N) is 1. The maximum atomic E-state index is 12.5. The van der Waals surface area contributed by atoms with E-state index in [1.165, 1.54) is 5.56 Å². The van der Waals surface area contributed by atoms with Gasteiger partial charge in [0.2, 0.25) is 0 Å². The molecule has 24 heavy (non-hydrogen) atoms. The van der Waals surface area contributed by atoms with E-state index in [9.17, 15) is 4.79 Å². The van der Waals surface area contributed by atoms with Gasteiger partial charge in [-0.05, 0) is 42.7 Å². The summed E-state index contributed by atoms with van der Waals surface area (Å²) in [5.41, 5.74) is 8.04. The Kier molecular flexibility index (Phi) is 5.21. The van der Waals surface area contributed by atoms with Crippen LogP contribution in [0.3, 0.4) is 0 Å². The van der Waals surface area contributed by atoms with Crippen molar-refractivity contribution in [3.8, 4) is 0 Å². The number of hydrogen-bond acceptors (Lipinski definition) is 3. The Morgan fingerprint density at radius 1 is 1.17 bits per heavy atom. The number of halogens is 1. The maximum Gasteiger partial charge on any atom is 0.253 e. The molecule has 4 nitrogen and oxygen atoms in total. The van der Waals surface area contributed by atoms with E-state index in [1.807, 2.05) is 24.3 Å². The fourth-order valence-corrected chi connectivity index (χ4v) is 3.60. The number of nitrogens with two attached hydrogens (primary N) is 1. The van der Waals surface area contributed by atoms with Crippen molar-refractivity contribution in [2.45, 2.75) is 18.3 Å². The van der Waals surface area contributed by atoms with Crippen molar-refractivity contribution in [3.05, 3.63) is 64.1 Å². The van der Waals surface area contributed by atoms with Crippen molar-refractivity contribution >= 4 is 27.5 Å². The van der Waals surface area contributed by atoms with E-state index >= 15 is 0 Å². The number of anilines is 1. The highest BCUT2D eigenvalue weighted by Crippen LogP contribution is 2.35. The molecule has 0 saturated carbocycles. The van der Waals surface area contributed by atoms with Crippen LogP contribution in [-0.4, -0.2) is 25.7 Å². The van der Waals surface area contributed by atoms with Crippen LogP contribution in [0.4, 0.5) is 5.69 Å². The quantitative estimate of drug-likeness (QED) is 0.787. The average Bonchev–Trinajstić information content (AvgIpc) is 2.61. The molecule has 1 amide bonds. The molecule has 2 aromatic carbocycles. The summed E-state index contributed by atoms with van der Waals surface area (Å²) >= 11 is 3.54. The first kappa shape index (κ1) is 17.0. The molecule has 0 aliphatic carbocycles. The largest absolute Gasteiger partial charge is 0.398 e. The molecule has 5 heteroatoms. The fourth-order valence-electron chi connectivity index (χ4n) is 3.20. The zero-order chi connectivity index (χ0) is 17.0. The lowest BCUT2D eigenvalue weighted by Gasteiger charge is -2.38. The summed E-state index contributed by atoms with van der Waals surface area (Å²) in [4.78, 5) is 12.5. The molecule has 0 bridgehead atoms. The van der Waals surface area contributed by atoms with E-state index in [-0.39, 0.29) is 11.3 Å². The van der Waals surface area contributed by atoms with Crippen molar-refractivity contribution in [2.24, 2.45) is 0 Å². The number of hydrogen-bond donors (Lipinski definition) is 2. The number of nitrogen functional groups attached to an aromatic ring is 1. The Labute approximate surface area is 150 Å². The molecule has 1 saturated heterocycles. The van der Waals surface area contributed by atoms with Crippen LogP contribution in [0.25, 0.3) is 0 Å². The van der Waals surface area contributed by atoms with Gasteiger partial charge in [-0.25, -0.2) is 0 Å². The number of amides is 1. The highest BCUT2D eigenvalue weighted by Gasteiger charge is 2.35. The molecule has 0 spiro atoms. The SMILES string of the molecule is Nc1ccccc1C(=O)NCC1(c2cccc(Br)c2)CCOCC1. The molecule has 0 unspecified atom stereocenters. The molecular weight excluding hydrogens is 368 g/mol. The number of rotatable bonds is 4. The Morgan fingerprint density at radius 3 is 2.62 bits per heavy atom. The van der Waals surface area contributed by atoms with Crippen LogP contribution in [0.1, 0.15) is 28.8 Å². The minimum absolute atomic E-state index is 0.110. The van der Waals surface area contributed by atoms with Crippen molar-refractivity contribution in [1.82, 2.24) is 5.32 Å². The second-order valence-electron chi connectivity index (χ2n) is 6.17. The van der Waals surface area contributed by atoms with Crippen molar-refractivity contribution in [3.63, 3.8) is 0 Å². The third kappa shape index (κ3) is 3.62. The summed E-state index contributed by atoms with van der Waals surface area (Å²) in [6.07, 6.45) is 1.77. The number of carbonyl (C=O) groups excluding carboxylic acids is 1. The average molecular weight is 389 g/mol. The van der Waals surface area contributed by atoms with Crippen LogP contribution in [0.5, 0.6) is 0 Å². The highest BCUT2D eigenvalue weighted by molar-refractivity contribution is 9.10. The Balaban J connectivity index is 1.80. The minimum Gasteiger partial charge on any atom is -0.398 e. The molecule has 2 aromatic rings. The van der Waals surface area contributed by atoms with Crippen LogP contribution < -0.4 is 11.1 Å². The number of para-hydroxylation sites is 1. The zero-order valence-corrected chi connectivity index (χ0v) is 15.0. The van der Waals surface area contributed by atoms with Gasteiger partial charge in [0, 0.05) is 35.3 Å². The van der Waals surface area contributed by atoms with Gasteiger partial charge >= 0.3 is 0 Å². The van der Waals surface area contributed by atoms with Crippen LogP contribution in [0, 0.1) is 0 Å². The molecule has 1 aliphatic heterocycles. The Bertz CT molecular complexity index is 727. The van der Waals surface area contributed by atoms with Gasteiger partial charge in [-0.2, -0.15) is 0 Å². The maximum absolute atomic E-state index is 12.5. The predicted molar refractivity (Wildman–Crippen MR) is 99.1 cm³/mol. The second kappa shape index (κ2) is 7.36. The van der Waals surface area contributed by atoms with Gasteiger partial charge in [-0.15, -0.1) is 0 Å². The molecule has 0 radical (unpaired) electrons. The normalized spacial score (nSPS) is 16.5. The first-order valence-corrected chi connectivity index (χ1v) is 8.87. The van der Waals surface area contributed by atoms with Gasteiger partial charge in [0.1, 0.15) is 0 Å². The van der Waals surface area contributed by atoms with E-state index in [0.717, 1.165) is 17.3 Å². The minimum atomic E-state index is -0.131. The molecule has 1 fully saturated rings. The molecule has 3 N–H and O–H groups in total. The van der Waals surface area contributed by atoms with Crippen LogP contribution >= 0.6 is 15.9 Å². The monoisotopic (exact) mass is 388 g/mol. The standard InChI is InChI=1S/C19H21BrN2O2/c20-15-5-3-4-14(12-15)19(8-10-24-11-9-19)13-22-18(23)16-6-1-2-7-17(16)21/h1-7,12H,8-11,13,21H2,(H,22,23). The van der Waals surface area contributed by atoms with Crippen molar-refractivity contribution in [1.29, 1.82) is 0 Å². The molecule has 0 aromatic heterocycles. The number of carbonyl (C=O) groups is 1. The van der Waals surface area contributed by atoms with E-state index in [2.05, 4.69) is 33.4 Å². The van der Waals surface area contributed by atoms with Crippen molar-refractivity contribution in [2.75, 3.05) is 25.5 Å². The Hall–Kier alpha value is -1.85. The van der Waals surface area contributed by atoms with Crippen LogP contribution in [0.2, 0.25) is 0 Å². The topological polar surface area (TPSA) is 64.4 Å². The van der Waals surface area contributed by atoms with Crippen molar-refractivity contribution < 1.29 is 9.53 Å². The third-order valence-electron chi connectivity index (χ3n) is 4.68. The summed E-state index contributed by atoms with van der Waals surface area (Å²) in [5.74, 6) is -0.131. The third-order valence-corrected chi connectivity index (χ3v) is 5.17. The molecule has 0 atom stereocenters. The first-order valence-electron chi connectivity index (χ1n) is 8.07. The molecule has 126 valence electrons. The molecule has 3 rings (SSSR count). The van der Waals surface area contributed by atoms with E-state index in [4.69, 9.17) is 10.5 Å². The highest BCUT2D eigenvalue weighted by atomic mass is 79.9. The van der Waals surface area contributed by atoms with E-state index < -0.39 is 0 Å². The van der Waals surface area contributed by atoms with Gasteiger partial charge in [-0.1, -0.05) is 40.2 Å². The summed E-state index contributed by atoms with van der Waals surface area (Å²) in [6, 6.07) is 15.5. The Morgan fingerprint density at radius 2 is 1.92 bits per heavy atom. The number of ether oxygens (including phenoxy) is 1. The summed E-state index contributed by atoms with van der Waals surface area (Å²) in [7, 11) is 0. The molecule has 1 aliphatic rings. The smallest absolute Gasteiger partial charge is 0.253 e. The van der Waals surface area contributed by atoms with E-state index in [0.29, 0.717) is 31.0 Å². The van der Waals surface area contributed by atoms with Gasteiger partial charge in [-0.3, -0.25) is 4.79 Å². The number of benzene rings is 2. The fraction of sp³-hybridized carbons (Fsp3) is 0.316. The van der Waals surface area contributed by atoms with Crippen LogP contribution in [0.15, 0.2) is 53.0 Å². The van der Waals surface area contributed by atoms with Gasteiger partial charge in [0.15, 0.2) is 0 Å². The zero-order valence-electron chi connectivity index (χ0n) is 13.4. The summed E-state index contributed by atoms with van der Waals surface area (Å²) in [5, 5.41) is 3.08. The lowest BCUT2D eigenvalue weighted by atomic mass is 9.74. The van der Waals surface area contributed by atoms with Gasteiger partial charge < -0.3 is 15.8 Å². The lowest BCUT2D eigenvalue weighted by Crippen LogP contribution is -2.44. The van der Waals surface area contributed by atoms with Crippen LogP contribution in [-0.2, 0) is 10.2 Å². The van der Waals surface area contributed by atoms with Gasteiger partial charge in [0.05, 0.1) is 5.56 Å².